The first-order valence-corrected chi connectivity index (χ1v) is 13.6. The summed E-state index contributed by atoms with van der Waals surface area (Å²) in [5.74, 6) is -0.200. The minimum Gasteiger partial charge on any atom is -0.454 e. The first-order chi connectivity index (χ1) is 19.6. The van der Waals surface area contributed by atoms with E-state index in [0.717, 1.165) is 32.1 Å². The molecular formula is C30H30FN5O4. The number of nitrogens with one attached hydrogen (secondary N) is 1. The van der Waals surface area contributed by atoms with Crippen LogP contribution in [0.1, 0.15) is 49.3 Å². The Labute approximate surface area is 230 Å². The van der Waals surface area contributed by atoms with Gasteiger partial charge in [0.25, 0.3) is 0 Å². The second-order valence-electron chi connectivity index (χ2n) is 10.2. The van der Waals surface area contributed by atoms with Gasteiger partial charge in [-0.3, -0.25) is 9.59 Å². The number of rotatable bonds is 8. The predicted molar refractivity (Wildman–Crippen MR) is 145 cm³/mol. The van der Waals surface area contributed by atoms with Crippen molar-refractivity contribution in [2.45, 2.75) is 57.3 Å². The normalized spacial score (nSPS) is 15.6. The first kappa shape index (κ1) is 25.8. The third-order valence-corrected chi connectivity index (χ3v) is 7.53. The topological polar surface area (TPSA) is 98.6 Å². The van der Waals surface area contributed by atoms with Gasteiger partial charge < -0.3 is 19.7 Å². The molecule has 0 radical (unpaired) electrons. The Morgan fingerprint density at radius 3 is 2.62 bits per heavy atom. The number of carbonyl (C=O) groups is 2. The maximum Gasteiger partial charge on any atom is 0.247 e. The Bertz CT molecular complexity index is 1530. The van der Waals surface area contributed by atoms with Gasteiger partial charge in [-0.25, -0.2) is 9.07 Å². The fourth-order valence-electron chi connectivity index (χ4n) is 5.49. The van der Waals surface area contributed by atoms with Crippen LogP contribution in [0.4, 0.5) is 4.39 Å². The number of hydrogen-bond donors (Lipinski definition) is 1. The van der Waals surface area contributed by atoms with Gasteiger partial charge in [-0.2, -0.15) is 0 Å². The molecule has 9 nitrogen and oxygen atoms in total. The Hall–Kier alpha value is -4.47. The molecule has 3 aromatic carbocycles. The summed E-state index contributed by atoms with van der Waals surface area (Å²) < 4.78 is 27.8. The average molecular weight is 544 g/mol. The average Bonchev–Trinajstić information content (AvgIpc) is 3.61. The number of carbonyl (C=O) groups excluding carboxylic acids is 2. The second-order valence-corrected chi connectivity index (χ2v) is 10.2. The van der Waals surface area contributed by atoms with E-state index in [0.29, 0.717) is 28.1 Å². The van der Waals surface area contributed by atoms with Gasteiger partial charge in [-0.1, -0.05) is 60.9 Å². The largest absolute Gasteiger partial charge is 0.454 e. The molecule has 2 amide bonds. The van der Waals surface area contributed by atoms with Crippen molar-refractivity contribution in [2.24, 2.45) is 0 Å². The molecule has 1 aliphatic carbocycles. The van der Waals surface area contributed by atoms with Crippen LogP contribution in [0.15, 0.2) is 66.7 Å². The quantitative estimate of drug-likeness (QED) is 0.351. The highest BCUT2D eigenvalue weighted by molar-refractivity contribution is 5.89. The van der Waals surface area contributed by atoms with Crippen molar-refractivity contribution in [3.8, 4) is 11.5 Å². The van der Waals surface area contributed by atoms with Crippen LogP contribution in [0, 0.1) is 5.82 Å². The number of aromatic nitrogens is 3. The van der Waals surface area contributed by atoms with Crippen molar-refractivity contribution in [1.29, 1.82) is 0 Å². The van der Waals surface area contributed by atoms with Crippen LogP contribution in [0.3, 0.4) is 0 Å². The lowest BCUT2D eigenvalue weighted by atomic mass is 9.94. The maximum absolute atomic E-state index is 15.3. The zero-order valence-electron chi connectivity index (χ0n) is 22.0. The highest BCUT2D eigenvalue weighted by Crippen LogP contribution is 2.34. The van der Waals surface area contributed by atoms with E-state index in [-0.39, 0.29) is 31.5 Å². The van der Waals surface area contributed by atoms with Gasteiger partial charge in [0.2, 0.25) is 18.6 Å². The molecule has 1 aromatic heterocycles. The van der Waals surface area contributed by atoms with Crippen LogP contribution in [-0.2, 0) is 22.7 Å². The van der Waals surface area contributed by atoms with Crippen LogP contribution >= 0.6 is 0 Å². The van der Waals surface area contributed by atoms with Crippen LogP contribution in [0.2, 0.25) is 0 Å². The molecule has 1 N–H and O–H groups in total. The number of benzene rings is 3. The van der Waals surface area contributed by atoms with Gasteiger partial charge in [0.05, 0.1) is 5.52 Å². The van der Waals surface area contributed by atoms with Gasteiger partial charge in [0.1, 0.15) is 23.9 Å². The molecule has 1 fully saturated rings. The molecule has 2 heterocycles. The summed E-state index contributed by atoms with van der Waals surface area (Å²) in [5, 5.41) is 11.4. The highest BCUT2D eigenvalue weighted by Gasteiger charge is 2.35. The molecule has 1 atom stereocenters. The summed E-state index contributed by atoms with van der Waals surface area (Å²) in [6.45, 7) is -0.0195. The summed E-state index contributed by atoms with van der Waals surface area (Å²) in [6, 6.07) is 17.6. The van der Waals surface area contributed by atoms with Gasteiger partial charge in [-0.15, -0.1) is 5.10 Å². The Kier molecular flexibility index (Phi) is 7.31. The molecule has 2 aliphatic rings. The molecule has 206 valence electrons. The Balaban J connectivity index is 1.38. The molecule has 0 spiro atoms. The van der Waals surface area contributed by atoms with E-state index < -0.39 is 23.7 Å². The number of fused-ring (bicyclic) bond motifs is 2. The number of halogens is 1. The molecule has 10 heteroatoms. The minimum atomic E-state index is -1.20. The Morgan fingerprint density at radius 1 is 1.00 bits per heavy atom. The van der Waals surface area contributed by atoms with Crippen LogP contribution in [0.25, 0.3) is 11.0 Å². The molecular weight excluding hydrogens is 513 g/mol. The Morgan fingerprint density at radius 2 is 1.77 bits per heavy atom. The lowest BCUT2D eigenvalue weighted by molar-refractivity contribution is -0.142. The number of ether oxygens (including phenoxy) is 2. The van der Waals surface area contributed by atoms with Crippen molar-refractivity contribution in [2.75, 3.05) is 6.79 Å². The van der Waals surface area contributed by atoms with Crippen molar-refractivity contribution in [3.05, 3.63) is 83.7 Å². The van der Waals surface area contributed by atoms with Gasteiger partial charge in [0, 0.05) is 18.2 Å². The molecule has 0 saturated heterocycles. The number of hydrogen-bond acceptors (Lipinski definition) is 6. The molecule has 0 unspecified atom stereocenters. The summed E-state index contributed by atoms with van der Waals surface area (Å²) in [6.07, 6.45) is 4.89. The second kappa shape index (κ2) is 11.3. The van der Waals surface area contributed by atoms with E-state index in [4.69, 9.17) is 9.47 Å². The summed E-state index contributed by atoms with van der Waals surface area (Å²) in [7, 11) is 0. The van der Waals surface area contributed by atoms with E-state index in [1.54, 1.807) is 30.3 Å². The van der Waals surface area contributed by atoms with Crippen LogP contribution in [0.5, 0.6) is 11.5 Å². The predicted octanol–water partition coefficient (Wildman–Crippen LogP) is 4.52. The SMILES string of the molecule is O=C(NC1CCCCC1)[C@H](c1ccccc1F)N(Cc1ccc2c(c1)OCO2)C(=O)Cn1nnc2ccccc21. The molecule has 4 aromatic rings. The number of amides is 2. The minimum absolute atomic E-state index is 0.0164. The van der Waals surface area contributed by atoms with Crippen molar-refractivity contribution in [3.63, 3.8) is 0 Å². The lowest BCUT2D eigenvalue weighted by Gasteiger charge is -2.33. The third kappa shape index (κ3) is 5.34. The standard InChI is InChI=1S/C30H30FN5O4/c31-23-11-5-4-10-22(23)29(30(38)32-21-8-2-1-3-9-21)35(17-20-14-15-26-27(16-20)40-19-39-26)28(37)18-36-25-13-7-6-12-24(25)33-34-36/h4-7,10-16,21,29H,1-3,8-9,17-19H2,(H,32,38)/t29-/m0/s1. The number of para-hydroxylation sites is 1. The molecule has 1 saturated carbocycles. The fraction of sp³-hybridized carbons (Fsp3) is 0.333. The molecule has 6 rings (SSSR count). The third-order valence-electron chi connectivity index (χ3n) is 7.53. The molecule has 0 bridgehead atoms. The maximum atomic E-state index is 15.3. The molecule has 1 aliphatic heterocycles. The molecule has 40 heavy (non-hydrogen) atoms. The monoisotopic (exact) mass is 543 g/mol. The van der Waals surface area contributed by atoms with E-state index in [9.17, 15) is 9.59 Å². The fourth-order valence-corrected chi connectivity index (χ4v) is 5.49. The smallest absolute Gasteiger partial charge is 0.247 e. The number of nitrogens with zero attached hydrogens (tertiary/aromatic N) is 4. The van der Waals surface area contributed by atoms with E-state index in [1.807, 2.05) is 30.3 Å². The summed E-state index contributed by atoms with van der Waals surface area (Å²) >= 11 is 0. The van der Waals surface area contributed by atoms with E-state index in [2.05, 4.69) is 15.6 Å². The van der Waals surface area contributed by atoms with Gasteiger partial charge in [0.15, 0.2) is 11.5 Å². The van der Waals surface area contributed by atoms with Crippen molar-refractivity contribution in [1.82, 2.24) is 25.2 Å². The highest BCUT2D eigenvalue weighted by atomic mass is 19.1. The van der Waals surface area contributed by atoms with E-state index >= 15 is 4.39 Å². The van der Waals surface area contributed by atoms with Gasteiger partial charge >= 0.3 is 0 Å². The van der Waals surface area contributed by atoms with Crippen LogP contribution < -0.4 is 14.8 Å². The summed E-state index contributed by atoms with van der Waals surface area (Å²) in [5.41, 5.74) is 2.19. The van der Waals surface area contributed by atoms with Gasteiger partial charge in [-0.05, 0) is 48.7 Å². The first-order valence-electron chi connectivity index (χ1n) is 13.6. The zero-order valence-corrected chi connectivity index (χ0v) is 22.0. The summed E-state index contributed by atoms with van der Waals surface area (Å²) in [4.78, 5) is 29.5. The van der Waals surface area contributed by atoms with Crippen molar-refractivity contribution >= 4 is 22.8 Å². The van der Waals surface area contributed by atoms with Crippen molar-refractivity contribution < 1.29 is 23.5 Å². The van der Waals surface area contributed by atoms with E-state index in [1.165, 1.54) is 15.6 Å². The lowest BCUT2D eigenvalue weighted by Crippen LogP contribution is -2.47. The van der Waals surface area contributed by atoms with Crippen LogP contribution in [-0.4, -0.2) is 44.5 Å². The zero-order chi connectivity index (χ0) is 27.5.